The van der Waals surface area contributed by atoms with Gasteiger partial charge in [0.05, 0.1) is 5.71 Å². The van der Waals surface area contributed by atoms with Crippen molar-refractivity contribution in [2.75, 3.05) is 12.4 Å². The van der Waals surface area contributed by atoms with Gasteiger partial charge in [-0.25, -0.2) is 0 Å². The lowest BCUT2D eigenvalue weighted by Gasteiger charge is -2.09. The molecular formula is C16H17ClN2O. The molecular weight excluding hydrogens is 272 g/mol. The molecule has 4 heteroatoms. The molecule has 2 rings (SSSR count). The van der Waals surface area contributed by atoms with Crippen LogP contribution in [0.1, 0.15) is 18.1 Å². The van der Waals surface area contributed by atoms with E-state index in [1.807, 2.05) is 63.4 Å². The highest BCUT2D eigenvalue weighted by molar-refractivity contribution is 6.31. The maximum Gasteiger partial charge on any atom is 0.160 e. The van der Waals surface area contributed by atoms with E-state index in [-0.39, 0.29) is 0 Å². The SMILES string of the molecule is CNc1ccc(Cl)cc1/C(C)=N/Oc1ccccc1C. The van der Waals surface area contributed by atoms with Gasteiger partial charge >= 0.3 is 0 Å². The lowest BCUT2D eigenvalue weighted by Crippen LogP contribution is -2.03. The number of hydrogen-bond acceptors (Lipinski definition) is 3. The highest BCUT2D eigenvalue weighted by Crippen LogP contribution is 2.22. The van der Waals surface area contributed by atoms with Crippen molar-refractivity contribution in [1.82, 2.24) is 0 Å². The molecule has 1 N–H and O–H groups in total. The van der Waals surface area contributed by atoms with Gasteiger partial charge in [-0.2, -0.15) is 0 Å². The fraction of sp³-hybridized carbons (Fsp3) is 0.188. The number of benzene rings is 2. The van der Waals surface area contributed by atoms with Crippen LogP contribution in [-0.2, 0) is 0 Å². The van der Waals surface area contributed by atoms with Crippen molar-refractivity contribution in [2.45, 2.75) is 13.8 Å². The summed E-state index contributed by atoms with van der Waals surface area (Å²) in [6, 6.07) is 13.4. The highest BCUT2D eigenvalue weighted by Gasteiger charge is 2.06. The van der Waals surface area contributed by atoms with Gasteiger partial charge < -0.3 is 10.2 Å². The second kappa shape index (κ2) is 6.44. The van der Waals surface area contributed by atoms with Crippen LogP contribution < -0.4 is 10.2 Å². The molecule has 0 saturated carbocycles. The Hall–Kier alpha value is -2.00. The second-order valence-electron chi connectivity index (χ2n) is 4.47. The van der Waals surface area contributed by atoms with Gasteiger partial charge in [0.25, 0.3) is 0 Å². The fourth-order valence-electron chi connectivity index (χ4n) is 1.86. The quantitative estimate of drug-likeness (QED) is 0.664. The highest BCUT2D eigenvalue weighted by atomic mass is 35.5. The zero-order valence-electron chi connectivity index (χ0n) is 11.8. The zero-order chi connectivity index (χ0) is 14.5. The number of aryl methyl sites for hydroxylation is 1. The molecule has 20 heavy (non-hydrogen) atoms. The first-order valence-electron chi connectivity index (χ1n) is 6.36. The summed E-state index contributed by atoms with van der Waals surface area (Å²) in [4.78, 5) is 5.51. The Labute approximate surface area is 124 Å². The van der Waals surface area contributed by atoms with Gasteiger partial charge in [0.1, 0.15) is 0 Å². The number of nitrogens with one attached hydrogen (secondary N) is 1. The van der Waals surface area contributed by atoms with Crippen LogP contribution in [0.3, 0.4) is 0 Å². The van der Waals surface area contributed by atoms with Gasteiger partial charge in [-0.3, -0.25) is 0 Å². The van der Waals surface area contributed by atoms with E-state index in [0.29, 0.717) is 5.02 Å². The molecule has 0 saturated heterocycles. The summed E-state index contributed by atoms with van der Waals surface area (Å²) in [5, 5.41) is 7.98. The number of nitrogens with zero attached hydrogens (tertiary/aromatic N) is 1. The van der Waals surface area contributed by atoms with Crippen molar-refractivity contribution in [3.05, 3.63) is 58.6 Å². The standard InChI is InChI=1S/C16H17ClN2O/c1-11-6-4-5-7-16(11)20-19-12(2)14-10-13(17)8-9-15(14)18-3/h4-10,18H,1-3H3/b19-12+. The largest absolute Gasteiger partial charge is 0.388 e. The number of oxime groups is 1. The molecule has 0 amide bonds. The van der Waals surface area contributed by atoms with Gasteiger partial charge in [0.15, 0.2) is 5.75 Å². The Bertz CT molecular complexity index is 638. The Kier molecular flexibility index (Phi) is 4.64. The molecule has 0 fully saturated rings. The van der Waals surface area contributed by atoms with Crippen LogP contribution in [0.15, 0.2) is 47.6 Å². The van der Waals surface area contributed by atoms with E-state index in [1.165, 1.54) is 0 Å². The van der Waals surface area contributed by atoms with Gasteiger partial charge in [-0.15, -0.1) is 0 Å². The normalized spacial score (nSPS) is 11.3. The Balaban J connectivity index is 2.27. The fourth-order valence-corrected chi connectivity index (χ4v) is 2.03. The Morgan fingerprint density at radius 1 is 1.20 bits per heavy atom. The predicted octanol–water partition coefficient (Wildman–Crippen LogP) is 4.49. The summed E-state index contributed by atoms with van der Waals surface area (Å²) in [7, 11) is 1.86. The maximum absolute atomic E-state index is 6.04. The number of hydrogen-bond donors (Lipinski definition) is 1. The van der Waals surface area contributed by atoms with Crippen LogP contribution in [0, 0.1) is 6.92 Å². The van der Waals surface area contributed by atoms with E-state index in [9.17, 15) is 0 Å². The van der Waals surface area contributed by atoms with Crippen LogP contribution in [0.2, 0.25) is 5.02 Å². The van der Waals surface area contributed by atoms with Crippen molar-refractivity contribution < 1.29 is 4.84 Å². The zero-order valence-corrected chi connectivity index (χ0v) is 12.5. The molecule has 0 aliphatic carbocycles. The van der Waals surface area contributed by atoms with Crippen molar-refractivity contribution >= 4 is 23.0 Å². The van der Waals surface area contributed by atoms with E-state index in [2.05, 4.69) is 10.5 Å². The van der Waals surface area contributed by atoms with E-state index < -0.39 is 0 Å². The van der Waals surface area contributed by atoms with E-state index in [1.54, 1.807) is 0 Å². The van der Waals surface area contributed by atoms with Gasteiger partial charge in [-0.1, -0.05) is 35.0 Å². The first kappa shape index (κ1) is 14.4. The Morgan fingerprint density at radius 2 is 1.95 bits per heavy atom. The Morgan fingerprint density at radius 3 is 2.65 bits per heavy atom. The van der Waals surface area contributed by atoms with Crippen LogP contribution in [-0.4, -0.2) is 12.8 Å². The smallest absolute Gasteiger partial charge is 0.160 e. The van der Waals surface area contributed by atoms with Gasteiger partial charge in [0, 0.05) is 23.3 Å². The molecule has 0 aromatic heterocycles. The number of rotatable bonds is 4. The van der Waals surface area contributed by atoms with E-state index >= 15 is 0 Å². The molecule has 2 aromatic carbocycles. The third kappa shape index (κ3) is 3.31. The minimum atomic E-state index is 0.671. The second-order valence-corrected chi connectivity index (χ2v) is 4.91. The predicted molar refractivity (Wildman–Crippen MR) is 85.0 cm³/mol. The van der Waals surface area contributed by atoms with Crippen molar-refractivity contribution in [3.8, 4) is 5.75 Å². The van der Waals surface area contributed by atoms with Crippen molar-refractivity contribution in [2.24, 2.45) is 5.16 Å². The van der Waals surface area contributed by atoms with Gasteiger partial charge in [-0.05, 0) is 43.7 Å². The maximum atomic E-state index is 6.04. The van der Waals surface area contributed by atoms with Gasteiger partial charge in [0.2, 0.25) is 0 Å². The van der Waals surface area contributed by atoms with Crippen LogP contribution in [0.5, 0.6) is 5.75 Å². The molecule has 0 aliphatic heterocycles. The first-order chi connectivity index (χ1) is 9.61. The number of anilines is 1. The monoisotopic (exact) mass is 288 g/mol. The molecule has 104 valence electrons. The van der Waals surface area contributed by atoms with Crippen molar-refractivity contribution in [1.29, 1.82) is 0 Å². The molecule has 3 nitrogen and oxygen atoms in total. The summed E-state index contributed by atoms with van der Waals surface area (Å²) >= 11 is 6.04. The lowest BCUT2D eigenvalue weighted by molar-refractivity contribution is 0.339. The summed E-state index contributed by atoms with van der Waals surface area (Å²) in [5.74, 6) is 0.750. The topological polar surface area (TPSA) is 33.6 Å². The molecule has 0 spiro atoms. The van der Waals surface area contributed by atoms with E-state index in [4.69, 9.17) is 16.4 Å². The average molecular weight is 289 g/mol. The molecule has 0 atom stereocenters. The van der Waals surface area contributed by atoms with E-state index in [0.717, 1.165) is 28.3 Å². The molecule has 2 aromatic rings. The molecule has 0 radical (unpaired) electrons. The first-order valence-corrected chi connectivity index (χ1v) is 6.74. The summed E-state index contributed by atoms with van der Waals surface area (Å²) in [5.41, 5.74) is 3.70. The average Bonchev–Trinajstić information content (AvgIpc) is 2.46. The van der Waals surface area contributed by atoms with Crippen molar-refractivity contribution in [3.63, 3.8) is 0 Å². The minimum Gasteiger partial charge on any atom is -0.388 e. The third-order valence-electron chi connectivity index (χ3n) is 3.02. The van der Waals surface area contributed by atoms with Crippen LogP contribution >= 0.6 is 11.6 Å². The minimum absolute atomic E-state index is 0.671. The molecule has 0 unspecified atom stereocenters. The molecule has 0 aliphatic rings. The summed E-state index contributed by atoms with van der Waals surface area (Å²) in [6.07, 6.45) is 0. The molecule has 0 heterocycles. The lowest BCUT2D eigenvalue weighted by atomic mass is 10.1. The van der Waals surface area contributed by atoms with Crippen LogP contribution in [0.4, 0.5) is 5.69 Å². The summed E-state index contributed by atoms with van der Waals surface area (Å²) < 4.78 is 0. The summed E-state index contributed by atoms with van der Waals surface area (Å²) in [6.45, 7) is 3.88. The number of halogens is 1. The van der Waals surface area contributed by atoms with Crippen LogP contribution in [0.25, 0.3) is 0 Å². The third-order valence-corrected chi connectivity index (χ3v) is 3.25. The molecule has 0 bridgehead atoms. The number of para-hydroxylation sites is 1.